The van der Waals surface area contributed by atoms with Crippen molar-refractivity contribution < 1.29 is 9.90 Å². The van der Waals surface area contributed by atoms with Gasteiger partial charge in [0.05, 0.1) is 5.01 Å². The topological polar surface area (TPSA) is 63.1 Å². The summed E-state index contributed by atoms with van der Waals surface area (Å²) in [6.45, 7) is 1.77. The zero-order valence-electron chi connectivity index (χ0n) is 8.67. The number of aromatic carboxylic acids is 1. The first-order valence-corrected chi connectivity index (χ1v) is 5.57. The summed E-state index contributed by atoms with van der Waals surface area (Å²) in [5.41, 5.74) is 1.25. The standard InChI is InChI=1S/C11H10N2O2S/c1-7-10(11(14)15)13-9(16-7)6-8-2-4-12-5-3-8/h2-5H,6H2,1H3,(H,14,15). The Kier molecular flexibility index (Phi) is 2.96. The van der Waals surface area contributed by atoms with E-state index >= 15 is 0 Å². The second-order valence-electron chi connectivity index (χ2n) is 3.35. The molecule has 0 unspecified atom stereocenters. The van der Waals surface area contributed by atoms with Gasteiger partial charge in [-0.1, -0.05) is 0 Å². The zero-order chi connectivity index (χ0) is 11.5. The lowest BCUT2D eigenvalue weighted by Crippen LogP contribution is -1.99. The average molecular weight is 234 g/mol. The molecule has 1 N–H and O–H groups in total. The Morgan fingerprint density at radius 2 is 2.12 bits per heavy atom. The summed E-state index contributed by atoms with van der Waals surface area (Å²) >= 11 is 1.43. The molecular weight excluding hydrogens is 224 g/mol. The van der Waals surface area contributed by atoms with Crippen LogP contribution in [-0.2, 0) is 6.42 Å². The van der Waals surface area contributed by atoms with Gasteiger partial charge in [-0.2, -0.15) is 0 Å². The molecule has 16 heavy (non-hydrogen) atoms. The zero-order valence-corrected chi connectivity index (χ0v) is 9.49. The molecular formula is C11H10N2O2S. The molecule has 0 saturated heterocycles. The first-order chi connectivity index (χ1) is 7.66. The minimum absolute atomic E-state index is 0.161. The maximum atomic E-state index is 10.8. The number of hydrogen-bond donors (Lipinski definition) is 1. The predicted octanol–water partition coefficient (Wildman–Crippen LogP) is 2.14. The Balaban J connectivity index is 2.23. The SMILES string of the molecule is Cc1sc(Cc2ccncc2)nc1C(=O)O. The van der Waals surface area contributed by atoms with E-state index in [-0.39, 0.29) is 5.69 Å². The van der Waals surface area contributed by atoms with Gasteiger partial charge in [0.1, 0.15) is 0 Å². The van der Waals surface area contributed by atoms with E-state index < -0.39 is 5.97 Å². The molecule has 0 spiro atoms. The molecule has 4 nitrogen and oxygen atoms in total. The number of thiazole rings is 1. The second-order valence-corrected chi connectivity index (χ2v) is 4.64. The lowest BCUT2D eigenvalue weighted by Gasteiger charge is -1.95. The lowest BCUT2D eigenvalue weighted by molar-refractivity contribution is 0.0690. The van der Waals surface area contributed by atoms with Gasteiger partial charge in [-0.25, -0.2) is 9.78 Å². The van der Waals surface area contributed by atoms with Gasteiger partial charge < -0.3 is 5.11 Å². The minimum atomic E-state index is -0.963. The summed E-state index contributed by atoms with van der Waals surface area (Å²) in [6.07, 6.45) is 4.09. The largest absolute Gasteiger partial charge is 0.476 e. The van der Waals surface area contributed by atoms with Crippen LogP contribution in [0.25, 0.3) is 0 Å². The van der Waals surface area contributed by atoms with E-state index in [1.54, 1.807) is 19.3 Å². The van der Waals surface area contributed by atoms with Crippen molar-refractivity contribution in [2.75, 3.05) is 0 Å². The van der Waals surface area contributed by atoms with Gasteiger partial charge in [-0.3, -0.25) is 4.98 Å². The highest BCUT2D eigenvalue weighted by Crippen LogP contribution is 2.20. The molecule has 2 aromatic heterocycles. The molecule has 0 atom stereocenters. The highest BCUT2D eigenvalue weighted by atomic mass is 32.1. The van der Waals surface area contributed by atoms with Crippen LogP contribution in [0.2, 0.25) is 0 Å². The average Bonchev–Trinajstić information content (AvgIpc) is 2.61. The third-order valence-corrected chi connectivity index (χ3v) is 3.12. The molecule has 0 aliphatic carbocycles. The molecule has 2 aromatic rings. The molecule has 2 rings (SSSR count). The van der Waals surface area contributed by atoms with Crippen LogP contribution in [-0.4, -0.2) is 21.0 Å². The van der Waals surface area contributed by atoms with Crippen LogP contribution >= 0.6 is 11.3 Å². The van der Waals surface area contributed by atoms with Crippen LogP contribution in [0, 0.1) is 6.92 Å². The second kappa shape index (κ2) is 4.40. The third kappa shape index (κ3) is 2.25. The summed E-state index contributed by atoms with van der Waals surface area (Å²) in [7, 11) is 0. The summed E-state index contributed by atoms with van der Waals surface area (Å²) in [6, 6.07) is 3.80. The smallest absolute Gasteiger partial charge is 0.355 e. The molecule has 0 fully saturated rings. The third-order valence-electron chi connectivity index (χ3n) is 2.15. The van der Waals surface area contributed by atoms with E-state index in [4.69, 9.17) is 5.11 Å². The first-order valence-electron chi connectivity index (χ1n) is 4.75. The molecule has 0 amide bonds. The maximum Gasteiger partial charge on any atom is 0.355 e. The van der Waals surface area contributed by atoms with Crippen molar-refractivity contribution in [3.8, 4) is 0 Å². The van der Waals surface area contributed by atoms with E-state index in [2.05, 4.69) is 9.97 Å². The Bertz CT molecular complexity index is 508. The summed E-state index contributed by atoms with van der Waals surface area (Å²) < 4.78 is 0. The van der Waals surface area contributed by atoms with E-state index in [0.717, 1.165) is 15.4 Å². The highest BCUT2D eigenvalue weighted by Gasteiger charge is 2.13. The fourth-order valence-electron chi connectivity index (χ4n) is 1.40. The Morgan fingerprint density at radius 3 is 2.69 bits per heavy atom. The van der Waals surface area contributed by atoms with Gasteiger partial charge in [0.25, 0.3) is 0 Å². The van der Waals surface area contributed by atoms with Gasteiger partial charge in [0, 0.05) is 23.7 Å². The van der Waals surface area contributed by atoms with Gasteiger partial charge in [0.15, 0.2) is 5.69 Å². The Morgan fingerprint density at radius 1 is 1.44 bits per heavy atom. The highest BCUT2D eigenvalue weighted by molar-refractivity contribution is 7.11. The van der Waals surface area contributed by atoms with Crippen LogP contribution in [0.1, 0.15) is 25.9 Å². The molecule has 82 valence electrons. The van der Waals surface area contributed by atoms with E-state index in [9.17, 15) is 4.79 Å². The number of rotatable bonds is 3. The molecule has 0 aliphatic rings. The van der Waals surface area contributed by atoms with Gasteiger partial charge in [-0.15, -0.1) is 11.3 Å². The van der Waals surface area contributed by atoms with E-state index in [1.165, 1.54) is 11.3 Å². The normalized spacial score (nSPS) is 10.3. The summed E-state index contributed by atoms with van der Waals surface area (Å²) in [4.78, 5) is 19.6. The van der Waals surface area contributed by atoms with Crippen LogP contribution in [0.15, 0.2) is 24.5 Å². The molecule has 0 radical (unpaired) electrons. The van der Waals surface area contributed by atoms with Crippen LogP contribution in [0.3, 0.4) is 0 Å². The molecule has 5 heteroatoms. The van der Waals surface area contributed by atoms with Gasteiger partial charge in [-0.05, 0) is 24.6 Å². The van der Waals surface area contributed by atoms with E-state index in [0.29, 0.717) is 6.42 Å². The fourth-order valence-corrected chi connectivity index (χ4v) is 2.36. The number of carbonyl (C=O) groups is 1. The number of nitrogens with zero attached hydrogens (tertiary/aromatic N) is 2. The van der Waals surface area contributed by atoms with Gasteiger partial charge in [0.2, 0.25) is 0 Å². The molecule has 0 aliphatic heterocycles. The van der Waals surface area contributed by atoms with Crippen molar-refractivity contribution in [2.24, 2.45) is 0 Å². The first kappa shape index (κ1) is 10.8. The minimum Gasteiger partial charge on any atom is -0.476 e. The maximum absolute atomic E-state index is 10.8. The van der Waals surface area contributed by atoms with Crippen molar-refractivity contribution in [3.05, 3.63) is 45.7 Å². The number of aryl methyl sites for hydroxylation is 1. The lowest BCUT2D eigenvalue weighted by atomic mass is 10.2. The summed E-state index contributed by atoms with van der Waals surface area (Å²) in [5, 5.41) is 9.70. The molecule has 2 heterocycles. The van der Waals surface area contributed by atoms with Crippen molar-refractivity contribution in [3.63, 3.8) is 0 Å². The van der Waals surface area contributed by atoms with Gasteiger partial charge >= 0.3 is 5.97 Å². The molecule has 0 saturated carbocycles. The molecule has 0 aromatic carbocycles. The number of carboxylic acids is 1. The number of pyridine rings is 1. The quantitative estimate of drug-likeness (QED) is 0.883. The monoisotopic (exact) mass is 234 g/mol. The number of hydrogen-bond acceptors (Lipinski definition) is 4. The van der Waals surface area contributed by atoms with Crippen molar-refractivity contribution in [1.82, 2.24) is 9.97 Å². The summed E-state index contributed by atoms with van der Waals surface area (Å²) in [5.74, 6) is -0.963. The van der Waals surface area contributed by atoms with Crippen LogP contribution in [0.5, 0.6) is 0 Å². The van der Waals surface area contributed by atoms with Crippen molar-refractivity contribution >= 4 is 17.3 Å². The molecule has 0 bridgehead atoms. The van der Waals surface area contributed by atoms with Crippen molar-refractivity contribution in [2.45, 2.75) is 13.3 Å². The number of carboxylic acid groups (broad SMARTS) is 1. The van der Waals surface area contributed by atoms with Crippen LogP contribution < -0.4 is 0 Å². The Labute approximate surface area is 96.6 Å². The predicted molar refractivity (Wildman–Crippen MR) is 60.9 cm³/mol. The fraction of sp³-hybridized carbons (Fsp3) is 0.182. The Hall–Kier alpha value is -1.75. The van der Waals surface area contributed by atoms with Crippen LogP contribution in [0.4, 0.5) is 0 Å². The van der Waals surface area contributed by atoms with E-state index in [1.807, 2.05) is 12.1 Å². The van der Waals surface area contributed by atoms with Crippen molar-refractivity contribution in [1.29, 1.82) is 0 Å². The number of aromatic nitrogens is 2.